The molecule has 7 heteroatoms. The van der Waals surface area contributed by atoms with Crippen molar-refractivity contribution in [3.05, 3.63) is 71.9 Å². The Morgan fingerprint density at radius 1 is 1.11 bits per heavy atom. The van der Waals surface area contributed by atoms with Gasteiger partial charge in [0, 0.05) is 16.6 Å². The topological polar surface area (TPSA) is 64.1 Å². The van der Waals surface area contributed by atoms with Crippen molar-refractivity contribution in [2.24, 2.45) is 0 Å². The second-order valence-electron chi connectivity index (χ2n) is 5.84. The Hall–Kier alpha value is -2.96. The van der Waals surface area contributed by atoms with E-state index in [1.807, 2.05) is 30.3 Å². The summed E-state index contributed by atoms with van der Waals surface area (Å²) in [6.45, 7) is 2.14. The van der Waals surface area contributed by atoms with E-state index in [4.69, 9.17) is 4.74 Å². The zero-order valence-corrected chi connectivity index (χ0v) is 16.7. The lowest BCUT2D eigenvalue weighted by Gasteiger charge is -2.10. The minimum absolute atomic E-state index is 0. The number of aromatic nitrogens is 2. The first-order valence-electron chi connectivity index (χ1n) is 8.58. The third kappa shape index (κ3) is 3.98. The maximum Gasteiger partial charge on any atom is 0.338 e. The van der Waals surface area contributed by atoms with Gasteiger partial charge in [0.25, 0.3) is 0 Å². The minimum Gasteiger partial charge on any atom is -0.462 e. The van der Waals surface area contributed by atoms with Crippen molar-refractivity contribution in [2.75, 3.05) is 11.9 Å². The summed E-state index contributed by atoms with van der Waals surface area (Å²) in [6.07, 6.45) is 1.55. The molecule has 0 fully saturated rings. The average molecular weight is 412 g/mol. The molecule has 142 valence electrons. The Morgan fingerprint density at radius 2 is 1.93 bits per heavy atom. The number of hydrogen-bond donors (Lipinski definition) is 1. The first-order valence-corrected chi connectivity index (χ1v) is 9.46. The molecule has 0 saturated carbocycles. The quantitative estimate of drug-likeness (QED) is 0.427. The maximum atomic E-state index is 12.0. The highest BCUT2D eigenvalue weighted by Crippen LogP contribution is 2.37. The SMILES string of the molecule is CCOC(=O)c1cccc(Nc2ncnc3scc(-c4ccccc4)c23)c1.Cl. The van der Waals surface area contributed by atoms with Gasteiger partial charge in [-0.2, -0.15) is 0 Å². The van der Waals surface area contributed by atoms with Crippen LogP contribution in [0.15, 0.2) is 66.3 Å². The van der Waals surface area contributed by atoms with Gasteiger partial charge < -0.3 is 10.1 Å². The fourth-order valence-corrected chi connectivity index (χ4v) is 3.79. The van der Waals surface area contributed by atoms with Crippen molar-refractivity contribution >= 4 is 51.4 Å². The number of anilines is 2. The second kappa shape index (κ2) is 8.82. The zero-order chi connectivity index (χ0) is 18.6. The van der Waals surface area contributed by atoms with Crippen LogP contribution in [0.25, 0.3) is 21.3 Å². The molecule has 0 spiro atoms. The number of nitrogens with one attached hydrogen (secondary N) is 1. The van der Waals surface area contributed by atoms with Crippen LogP contribution in [0.2, 0.25) is 0 Å². The highest BCUT2D eigenvalue weighted by molar-refractivity contribution is 7.17. The number of ether oxygens (including phenoxy) is 1. The molecular formula is C21H18ClN3O2S. The van der Waals surface area contributed by atoms with Crippen LogP contribution in [0.5, 0.6) is 0 Å². The zero-order valence-electron chi connectivity index (χ0n) is 15.1. The number of esters is 1. The van der Waals surface area contributed by atoms with Gasteiger partial charge in [0.1, 0.15) is 17.0 Å². The van der Waals surface area contributed by atoms with Crippen molar-refractivity contribution in [2.45, 2.75) is 6.92 Å². The minimum atomic E-state index is -0.338. The van der Waals surface area contributed by atoms with Gasteiger partial charge in [0.05, 0.1) is 17.6 Å². The lowest BCUT2D eigenvalue weighted by Crippen LogP contribution is -2.05. The van der Waals surface area contributed by atoms with Gasteiger partial charge in [-0.15, -0.1) is 23.7 Å². The van der Waals surface area contributed by atoms with Crippen LogP contribution in [0.1, 0.15) is 17.3 Å². The summed E-state index contributed by atoms with van der Waals surface area (Å²) in [5, 5.41) is 6.39. The van der Waals surface area contributed by atoms with Crippen LogP contribution in [0, 0.1) is 0 Å². The van der Waals surface area contributed by atoms with Crippen molar-refractivity contribution < 1.29 is 9.53 Å². The molecule has 2 heterocycles. The highest BCUT2D eigenvalue weighted by Gasteiger charge is 2.14. The molecule has 28 heavy (non-hydrogen) atoms. The Kier molecular flexibility index (Phi) is 6.23. The molecule has 1 N–H and O–H groups in total. The molecule has 0 unspecified atom stereocenters. The predicted octanol–water partition coefficient (Wildman–Crippen LogP) is 5.70. The summed E-state index contributed by atoms with van der Waals surface area (Å²) in [7, 11) is 0. The first kappa shape index (κ1) is 19.8. The maximum absolute atomic E-state index is 12.0. The van der Waals surface area contributed by atoms with E-state index < -0.39 is 0 Å². The van der Waals surface area contributed by atoms with Crippen molar-refractivity contribution in [1.82, 2.24) is 9.97 Å². The Morgan fingerprint density at radius 3 is 2.71 bits per heavy atom. The normalized spacial score (nSPS) is 10.3. The molecule has 4 aromatic rings. The van der Waals surface area contributed by atoms with E-state index >= 15 is 0 Å². The van der Waals surface area contributed by atoms with Crippen LogP contribution in [0.3, 0.4) is 0 Å². The fourth-order valence-electron chi connectivity index (χ4n) is 2.88. The number of hydrogen-bond acceptors (Lipinski definition) is 6. The summed E-state index contributed by atoms with van der Waals surface area (Å²) in [4.78, 5) is 21.7. The monoisotopic (exact) mass is 411 g/mol. The number of thiophene rings is 1. The summed E-state index contributed by atoms with van der Waals surface area (Å²) in [6, 6.07) is 17.4. The van der Waals surface area contributed by atoms with Gasteiger partial charge in [-0.25, -0.2) is 14.8 Å². The van der Waals surface area contributed by atoms with E-state index in [9.17, 15) is 4.79 Å². The molecular weight excluding hydrogens is 394 g/mol. The van der Waals surface area contributed by atoms with Gasteiger partial charge in [-0.05, 0) is 30.7 Å². The van der Waals surface area contributed by atoms with E-state index in [0.29, 0.717) is 18.0 Å². The van der Waals surface area contributed by atoms with Crippen LogP contribution in [-0.2, 0) is 4.74 Å². The molecule has 0 aliphatic rings. The summed E-state index contributed by atoms with van der Waals surface area (Å²) >= 11 is 1.58. The van der Waals surface area contributed by atoms with Crippen LogP contribution in [-0.4, -0.2) is 22.5 Å². The van der Waals surface area contributed by atoms with E-state index in [1.165, 1.54) is 0 Å². The Labute approximate surface area is 172 Å². The number of benzene rings is 2. The van der Waals surface area contributed by atoms with Gasteiger partial charge in [0.2, 0.25) is 0 Å². The number of fused-ring (bicyclic) bond motifs is 1. The largest absolute Gasteiger partial charge is 0.462 e. The highest BCUT2D eigenvalue weighted by atomic mass is 35.5. The number of carbonyl (C=O) groups excluding carboxylic acids is 1. The molecule has 0 saturated heterocycles. The molecule has 0 aliphatic carbocycles. The number of nitrogens with zero attached hydrogens (tertiary/aromatic N) is 2. The number of rotatable bonds is 5. The Balaban J connectivity index is 0.00000225. The van der Waals surface area contributed by atoms with E-state index in [2.05, 4.69) is 32.8 Å². The molecule has 0 radical (unpaired) electrons. The standard InChI is InChI=1S/C21H17N3O2S.ClH/c1-2-26-21(25)15-9-6-10-16(11-15)24-19-18-17(14-7-4-3-5-8-14)12-27-20(18)23-13-22-19;/h3-13H,2H2,1H3,(H,22,23,24);1H. The van der Waals surface area contributed by atoms with Crippen LogP contribution in [0.4, 0.5) is 11.5 Å². The van der Waals surface area contributed by atoms with E-state index in [-0.39, 0.29) is 18.4 Å². The molecule has 5 nitrogen and oxygen atoms in total. The third-order valence-corrected chi connectivity index (χ3v) is 4.98. The summed E-state index contributed by atoms with van der Waals surface area (Å²) in [5.74, 6) is 0.371. The van der Waals surface area contributed by atoms with Crippen molar-refractivity contribution in [3.8, 4) is 11.1 Å². The van der Waals surface area contributed by atoms with E-state index in [1.54, 1.807) is 36.7 Å². The summed E-state index contributed by atoms with van der Waals surface area (Å²) < 4.78 is 5.08. The van der Waals surface area contributed by atoms with Gasteiger partial charge in [-0.1, -0.05) is 36.4 Å². The first-order chi connectivity index (χ1) is 13.3. The second-order valence-corrected chi connectivity index (χ2v) is 6.70. The van der Waals surface area contributed by atoms with E-state index in [0.717, 1.165) is 27.0 Å². The lowest BCUT2D eigenvalue weighted by atomic mass is 10.1. The fraction of sp³-hybridized carbons (Fsp3) is 0.0952. The molecule has 0 bridgehead atoms. The Bertz CT molecular complexity index is 1100. The van der Waals surface area contributed by atoms with Crippen LogP contribution < -0.4 is 5.32 Å². The van der Waals surface area contributed by atoms with Crippen molar-refractivity contribution in [3.63, 3.8) is 0 Å². The van der Waals surface area contributed by atoms with Crippen molar-refractivity contribution in [1.29, 1.82) is 0 Å². The molecule has 2 aromatic carbocycles. The lowest BCUT2D eigenvalue weighted by molar-refractivity contribution is 0.0526. The average Bonchev–Trinajstić information content (AvgIpc) is 3.14. The molecule has 4 rings (SSSR count). The molecule has 2 aromatic heterocycles. The molecule has 0 aliphatic heterocycles. The van der Waals surface area contributed by atoms with Crippen LogP contribution >= 0.6 is 23.7 Å². The molecule has 0 amide bonds. The summed E-state index contributed by atoms with van der Waals surface area (Å²) in [5.41, 5.74) is 3.47. The third-order valence-electron chi connectivity index (χ3n) is 4.09. The van der Waals surface area contributed by atoms with Gasteiger partial charge >= 0.3 is 5.97 Å². The van der Waals surface area contributed by atoms with Gasteiger partial charge in [-0.3, -0.25) is 0 Å². The number of halogens is 1. The molecule has 0 atom stereocenters. The van der Waals surface area contributed by atoms with Gasteiger partial charge in [0.15, 0.2) is 0 Å². The predicted molar refractivity (Wildman–Crippen MR) is 116 cm³/mol. The number of carbonyl (C=O) groups is 1. The smallest absolute Gasteiger partial charge is 0.338 e.